The molecule has 0 saturated carbocycles. The van der Waals surface area contributed by atoms with E-state index < -0.39 is 0 Å². The molecule has 136 valence electrons. The van der Waals surface area contributed by atoms with Gasteiger partial charge in [0.25, 0.3) is 11.5 Å². The van der Waals surface area contributed by atoms with E-state index in [0.717, 1.165) is 29.9 Å². The predicted molar refractivity (Wildman–Crippen MR) is 103 cm³/mol. The van der Waals surface area contributed by atoms with Crippen LogP contribution in [0, 0.1) is 5.92 Å². The van der Waals surface area contributed by atoms with Crippen molar-refractivity contribution in [2.45, 2.75) is 18.9 Å². The van der Waals surface area contributed by atoms with Crippen LogP contribution >= 0.6 is 0 Å². The van der Waals surface area contributed by atoms with Crippen LogP contribution in [0.4, 0.5) is 0 Å². The zero-order chi connectivity index (χ0) is 18.4. The van der Waals surface area contributed by atoms with Gasteiger partial charge in [-0.05, 0) is 54.8 Å². The highest BCUT2D eigenvalue weighted by Gasteiger charge is 2.36. The molecule has 5 rings (SSSR count). The summed E-state index contributed by atoms with van der Waals surface area (Å²) < 4.78 is 3.92. The summed E-state index contributed by atoms with van der Waals surface area (Å²) in [6, 6.07) is 17.2. The Labute approximate surface area is 157 Å². The highest BCUT2D eigenvalue weighted by molar-refractivity contribution is 5.94. The number of piperidine rings is 1. The minimum atomic E-state index is 0.0718. The first kappa shape index (κ1) is 16.1. The molecule has 4 heterocycles. The summed E-state index contributed by atoms with van der Waals surface area (Å²) in [6.45, 7) is 2.11. The lowest BCUT2D eigenvalue weighted by atomic mass is 9.83. The number of amides is 1. The number of likely N-dealkylation sites (tertiary alicyclic amines) is 1. The highest BCUT2D eigenvalue weighted by Crippen LogP contribution is 2.35. The van der Waals surface area contributed by atoms with Gasteiger partial charge in [0.05, 0.1) is 0 Å². The predicted octanol–water partition coefficient (Wildman–Crippen LogP) is 2.90. The molecule has 0 spiro atoms. The van der Waals surface area contributed by atoms with Crippen molar-refractivity contribution in [2.75, 3.05) is 13.1 Å². The van der Waals surface area contributed by atoms with Gasteiger partial charge in [0.15, 0.2) is 0 Å². The van der Waals surface area contributed by atoms with Gasteiger partial charge in [-0.1, -0.05) is 6.07 Å². The van der Waals surface area contributed by atoms with Crippen molar-refractivity contribution < 1.29 is 4.79 Å². The van der Waals surface area contributed by atoms with Crippen LogP contribution in [0.1, 0.15) is 28.4 Å². The summed E-state index contributed by atoms with van der Waals surface area (Å²) in [7, 11) is 0. The number of aromatic nitrogens is 2. The van der Waals surface area contributed by atoms with Gasteiger partial charge in [0, 0.05) is 61.0 Å². The Bertz CT molecular complexity index is 1030. The van der Waals surface area contributed by atoms with E-state index in [1.165, 1.54) is 0 Å². The Kier molecular flexibility index (Phi) is 3.74. The first-order valence-corrected chi connectivity index (χ1v) is 9.41. The molecule has 2 bridgehead atoms. The maximum atomic E-state index is 13.1. The number of hydrogen-bond donors (Lipinski definition) is 0. The number of fused-ring (bicyclic) bond motifs is 4. The lowest BCUT2D eigenvalue weighted by molar-refractivity contribution is 0.0594. The van der Waals surface area contributed by atoms with E-state index in [-0.39, 0.29) is 17.4 Å². The lowest BCUT2D eigenvalue weighted by Crippen LogP contribution is -2.49. The summed E-state index contributed by atoms with van der Waals surface area (Å²) in [4.78, 5) is 27.2. The van der Waals surface area contributed by atoms with Crippen molar-refractivity contribution in [1.29, 1.82) is 0 Å². The van der Waals surface area contributed by atoms with Crippen molar-refractivity contribution >= 4 is 5.91 Å². The Hall–Kier alpha value is -3.08. The fourth-order valence-electron chi connectivity index (χ4n) is 4.53. The lowest BCUT2D eigenvalue weighted by Gasteiger charge is -2.42. The molecule has 0 unspecified atom stereocenters. The number of hydrogen-bond acceptors (Lipinski definition) is 2. The van der Waals surface area contributed by atoms with Crippen LogP contribution in [0.3, 0.4) is 0 Å². The molecule has 1 saturated heterocycles. The smallest absolute Gasteiger partial charge is 0.253 e. The summed E-state index contributed by atoms with van der Waals surface area (Å²) in [5.74, 6) is 0.671. The maximum Gasteiger partial charge on any atom is 0.253 e. The molecular weight excluding hydrogens is 338 g/mol. The summed E-state index contributed by atoms with van der Waals surface area (Å²) >= 11 is 0. The maximum absolute atomic E-state index is 13.1. The number of rotatable bonds is 2. The number of pyridine rings is 1. The first-order valence-electron chi connectivity index (χ1n) is 9.41. The molecule has 3 aromatic rings. The quantitative estimate of drug-likeness (QED) is 0.706. The van der Waals surface area contributed by atoms with Crippen molar-refractivity contribution in [3.63, 3.8) is 0 Å². The Balaban J connectivity index is 1.38. The standard InChI is InChI=1S/C22H21N3O2/c26-21-5-3-4-20-18-12-16(14-25(20)21)13-24(15-18)22(27)17-6-8-19(9-7-17)23-10-1-2-11-23/h1-11,16,18H,12-15H2/t16-,18-/m0/s1. The van der Waals surface area contributed by atoms with Crippen molar-refractivity contribution in [1.82, 2.24) is 14.0 Å². The summed E-state index contributed by atoms with van der Waals surface area (Å²) in [6.07, 6.45) is 5.03. The van der Waals surface area contributed by atoms with E-state index in [4.69, 9.17) is 0 Å². The molecule has 27 heavy (non-hydrogen) atoms. The molecular formula is C22H21N3O2. The van der Waals surface area contributed by atoms with Crippen LogP contribution in [0.25, 0.3) is 5.69 Å². The summed E-state index contributed by atoms with van der Waals surface area (Å²) in [5.41, 5.74) is 2.90. The number of benzene rings is 1. The van der Waals surface area contributed by atoms with Gasteiger partial charge in [0.2, 0.25) is 0 Å². The first-order chi connectivity index (χ1) is 13.2. The second-order valence-corrected chi connectivity index (χ2v) is 7.55. The third kappa shape index (κ3) is 2.79. The number of nitrogens with zero attached hydrogens (tertiary/aromatic N) is 3. The van der Waals surface area contributed by atoms with Crippen molar-refractivity contribution in [2.24, 2.45) is 5.92 Å². The molecule has 5 heteroatoms. The molecule has 2 aliphatic heterocycles. The van der Waals surface area contributed by atoms with Gasteiger partial charge in [-0.2, -0.15) is 0 Å². The zero-order valence-corrected chi connectivity index (χ0v) is 15.0. The monoisotopic (exact) mass is 359 g/mol. The van der Waals surface area contributed by atoms with Crippen LogP contribution in [-0.4, -0.2) is 33.0 Å². The van der Waals surface area contributed by atoms with Gasteiger partial charge in [0.1, 0.15) is 0 Å². The molecule has 0 radical (unpaired) electrons. The van der Waals surface area contributed by atoms with E-state index >= 15 is 0 Å². The minimum absolute atomic E-state index is 0.0718. The van der Waals surface area contributed by atoms with Gasteiger partial charge in [-0.3, -0.25) is 9.59 Å². The van der Waals surface area contributed by atoms with Gasteiger partial charge in [-0.15, -0.1) is 0 Å². The van der Waals surface area contributed by atoms with Gasteiger partial charge >= 0.3 is 0 Å². The van der Waals surface area contributed by atoms with E-state index in [0.29, 0.717) is 19.0 Å². The number of carbonyl (C=O) groups is 1. The summed E-state index contributed by atoms with van der Waals surface area (Å²) in [5, 5.41) is 0. The number of carbonyl (C=O) groups excluding carboxylic acids is 1. The Morgan fingerprint density at radius 2 is 1.67 bits per heavy atom. The third-order valence-electron chi connectivity index (χ3n) is 5.78. The molecule has 1 fully saturated rings. The second kappa shape index (κ2) is 6.27. The fraction of sp³-hybridized carbons (Fsp3) is 0.273. The molecule has 2 aliphatic rings. The fourth-order valence-corrected chi connectivity index (χ4v) is 4.53. The molecule has 0 N–H and O–H groups in total. The third-order valence-corrected chi connectivity index (χ3v) is 5.78. The van der Waals surface area contributed by atoms with Crippen LogP contribution < -0.4 is 5.56 Å². The topological polar surface area (TPSA) is 47.2 Å². The van der Waals surface area contributed by atoms with E-state index in [2.05, 4.69) is 0 Å². The van der Waals surface area contributed by atoms with E-state index in [9.17, 15) is 9.59 Å². The molecule has 1 amide bonds. The van der Waals surface area contributed by atoms with Crippen LogP contribution in [0.2, 0.25) is 0 Å². The molecule has 0 aliphatic carbocycles. The van der Waals surface area contributed by atoms with Crippen LogP contribution in [0.5, 0.6) is 0 Å². The van der Waals surface area contributed by atoms with Gasteiger partial charge in [-0.25, -0.2) is 0 Å². The second-order valence-electron chi connectivity index (χ2n) is 7.55. The Morgan fingerprint density at radius 1 is 0.889 bits per heavy atom. The molecule has 2 aromatic heterocycles. The molecule has 2 atom stereocenters. The minimum Gasteiger partial charge on any atom is -0.338 e. The molecule has 1 aromatic carbocycles. The van der Waals surface area contributed by atoms with E-state index in [1.54, 1.807) is 6.07 Å². The molecule has 5 nitrogen and oxygen atoms in total. The van der Waals surface area contributed by atoms with Crippen LogP contribution in [-0.2, 0) is 6.54 Å². The SMILES string of the molecule is O=C(c1ccc(-n2cccc2)cc1)N1C[C@@H]2C[C@@H](C1)c1cccc(=O)n1C2. The van der Waals surface area contributed by atoms with Crippen molar-refractivity contribution in [3.8, 4) is 5.69 Å². The average molecular weight is 359 g/mol. The van der Waals surface area contributed by atoms with Gasteiger partial charge < -0.3 is 14.0 Å². The largest absolute Gasteiger partial charge is 0.338 e. The average Bonchev–Trinajstić information content (AvgIpc) is 3.23. The van der Waals surface area contributed by atoms with Crippen LogP contribution in [0.15, 0.2) is 71.8 Å². The highest BCUT2D eigenvalue weighted by atomic mass is 16.2. The zero-order valence-electron chi connectivity index (χ0n) is 15.0. The Morgan fingerprint density at radius 3 is 2.44 bits per heavy atom. The normalized spacial score (nSPS) is 21.0. The van der Waals surface area contributed by atoms with E-state index in [1.807, 2.05) is 75.0 Å². The van der Waals surface area contributed by atoms with Crippen molar-refractivity contribution in [3.05, 3.63) is 88.6 Å².